The number of nitrogens with one attached hydrogen (secondary N) is 1. The van der Waals surface area contributed by atoms with E-state index in [-0.39, 0.29) is 17.9 Å². The fourth-order valence-electron chi connectivity index (χ4n) is 3.89. The van der Waals surface area contributed by atoms with Gasteiger partial charge >= 0.3 is 0 Å². The van der Waals surface area contributed by atoms with Crippen LogP contribution in [0.25, 0.3) is 0 Å². The van der Waals surface area contributed by atoms with Gasteiger partial charge in [-0.1, -0.05) is 6.92 Å². The Morgan fingerprint density at radius 1 is 1.31 bits per heavy atom. The highest BCUT2D eigenvalue weighted by Gasteiger charge is 2.22. The molecule has 0 aliphatic carbocycles. The number of carbonyl (C=O) groups is 2. The summed E-state index contributed by atoms with van der Waals surface area (Å²) in [5.41, 5.74) is 1.11. The standard InChI is InChI=1S/C22H33N3O4/c1-3-18-16-24(15-17-14-19(28-2)7-8-20(17)29-18)13-10-23-21(26)9-12-25-11-5-4-6-22(25)27/h7-8,14,18H,3-6,9-13,15-16H2,1-2H3,(H,23,26)/t18-/m0/s1. The van der Waals surface area contributed by atoms with Gasteiger partial charge in [-0.2, -0.15) is 0 Å². The Balaban J connectivity index is 1.47. The van der Waals surface area contributed by atoms with E-state index >= 15 is 0 Å². The van der Waals surface area contributed by atoms with Crippen LogP contribution in [-0.4, -0.2) is 67.6 Å². The molecule has 0 aromatic heterocycles. The van der Waals surface area contributed by atoms with Crippen LogP contribution < -0.4 is 14.8 Å². The first-order chi connectivity index (χ1) is 14.1. The van der Waals surface area contributed by atoms with Crippen molar-refractivity contribution in [3.63, 3.8) is 0 Å². The maximum Gasteiger partial charge on any atom is 0.222 e. The van der Waals surface area contributed by atoms with Crippen LogP contribution in [0.2, 0.25) is 0 Å². The third-order valence-corrected chi connectivity index (χ3v) is 5.65. The molecule has 29 heavy (non-hydrogen) atoms. The Morgan fingerprint density at radius 2 is 2.17 bits per heavy atom. The molecule has 2 heterocycles. The molecular formula is C22H33N3O4. The maximum absolute atomic E-state index is 12.2. The Morgan fingerprint density at radius 3 is 2.93 bits per heavy atom. The number of benzene rings is 1. The Hall–Kier alpha value is -2.28. The van der Waals surface area contributed by atoms with Gasteiger partial charge in [-0.15, -0.1) is 0 Å². The lowest BCUT2D eigenvalue weighted by molar-refractivity contribution is -0.133. The van der Waals surface area contributed by atoms with Gasteiger partial charge in [0.1, 0.15) is 17.6 Å². The zero-order chi connectivity index (χ0) is 20.6. The number of ether oxygens (including phenoxy) is 2. The van der Waals surface area contributed by atoms with E-state index in [1.807, 2.05) is 23.1 Å². The smallest absolute Gasteiger partial charge is 0.222 e. The molecule has 7 heteroatoms. The number of hydrogen-bond donors (Lipinski definition) is 1. The van der Waals surface area contributed by atoms with Crippen molar-refractivity contribution >= 4 is 11.8 Å². The van der Waals surface area contributed by atoms with Gasteiger partial charge in [-0.25, -0.2) is 0 Å². The molecule has 1 aromatic rings. The lowest BCUT2D eigenvalue weighted by atomic mass is 10.1. The van der Waals surface area contributed by atoms with E-state index < -0.39 is 0 Å². The third kappa shape index (κ3) is 6.10. The lowest BCUT2D eigenvalue weighted by Gasteiger charge is -2.26. The third-order valence-electron chi connectivity index (χ3n) is 5.65. The van der Waals surface area contributed by atoms with Gasteiger partial charge in [0.2, 0.25) is 11.8 Å². The van der Waals surface area contributed by atoms with Crippen LogP contribution in [-0.2, 0) is 16.1 Å². The molecule has 160 valence electrons. The average molecular weight is 404 g/mol. The van der Waals surface area contributed by atoms with Crippen LogP contribution in [0.1, 0.15) is 44.6 Å². The zero-order valence-electron chi connectivity index (χ0n) is 17.6. The lowest BCUT2D eigenvalue weighted by Crippen LogP contribution is -2.40. The minimum atomic E-state index is 0.00329. The molecule has 1 saturated heterocycles. The van der Waals surface area contributed by atoms with E-state index in [4.69, 9.17) is 9.47 Å². The van der Waals surface area contributed by atoms with Crippen molar-refractivity contribution in [3.05, 3.63) is 23.8 Å². The van der Waals surface area contributed by atoms with Crippen LogP contribution in [0, 0.1) is 0 Å². The highest BCUT2D eigenvalue weighted by molar-refractivity contribution is 5.79. The van der Waals surface area contributed by atoms with Gasteiger partial charge < -0.3 is 19.7 Å². The summed E-state index contributed by atoms with van der Waals surface area (Å²) < 4.78 is 11.5. The van der Waals surface area contributed by atoms with Crippen molar-refractivity contribution < 1.29 is 19.1 Å². The van der Waals surface area contributed by atoms with E-state index in [0.717, 1.165) is 62.5 Å². The minimum Gasteiger partial charge on any atom is -0.497 e. The van der Waals surface area contributed by atoms with Gasteiger partial charge in [-0.05, 0) is 37.5 Å². The molecule has 0 bridgehead atoms. The summed E-state index contributed by atoms with van der Waals surface area (Å²) in [7, 11) is 1.67. The van der Waals surface area contributed by atoms with E-state index in [2.05, 4.69) is 17.1 Å². The highest BCUT2D eigenvalue weighted by Crippen LogP contribution is 2.29. The summed E-state index contributed by atoms with van der Waals surface area (Å²) in [4.78, 5) is 28.2. The first-order valence-corrected chi connectivity index (χ1v) is 10.7. The van der Waals surface area contributed by atoms with Crippen molar-refractivity contribution in [3.8, 4) is 11.5 Å². The van der Waals surface area contributed by atoms with E-state index in [1.54, 1.807) is 7.11 Å². The maximum atomic E-state index is 12.2. The van der Waals surface area contributed by atoms with E-state index in [1.165, 1.54) is 0 Å². The Labute approximate surface area is 173 Å². The first-order valence-electron chi connectivity index (χ1n) is 10.7. The minimum absolute atomic E-state index is 0.00329. The number of hydrogen-bond acceptors (Lipinski definition) is 5. The fraction of sp³-hybridized carbons (Fsp3) is 0.636. The van der Waals surface area contributed by atoms with Gasteiger partial charge in [0.15, 0.2) is 0 Å². The molecular weight excluding hydrogens is 370 g/mol. The highest BCUT2D eigenvalue weighted by atomic mass is 16.5. The largest absolute Gasteiger partial charge is 0.497 e. The average Bonchev–Trinajstić information content (AvgIpc) is 2.91. The Bertz CT molecular complexity index is 709. The van der Waals surface area contributed by atoms with Crippen molar-refractivity contribution in [2.45, 2.75) is 51.7 Å². The number of amides is 2. The monoisotopic (exact) mass is 403 g/mol. The first kappa shape index (κ1) is 21.4. The second-order valence-electron chi connectivity index (χ2n) is 7.79. The van der Waals surface area contributed by atoms with Crippen LogP contribution >= 0.6 is 0 Å². The van der Waals surface area contributed by atoms with Crippen molar-refractivity contribution in [1.29, 1.82) is 0 Å². The number of nitrogens with zero attached hydrogens (tertiary/aromatic N) is 2. The SMILES string of the molecule is CC[C@H]1CN(CCNC(=O)CCN2CCCCC2=O)Cc2cc(OC)ccc2O1. The van der Waals surface area contributed by atoms with Crippen molar-refractivity contribution in [2.24, 2.45) is 0 Å². The molecule has 0 spiro atoms. The zero-order valence-corrected chi connectivity index (χ0v) is 17.6. The molecule has 0 radical (unpaired) electrons. The predicted molar refractivity (Wildman–Crippen MR) is 111 cm³/mol. The second kappa shape index (κ2) is 10.5. The summed E-state index contributed by atoms with van der Waals surface area (Å²) in [5, 5.41) is 3.00. The fourth-order valence-corrected chi connectivity index (χ4v) is 3.89. The van der Waals surface area contributed by atoms with Gasteiger partial charge in [0.25, 0.3) is 0 Å². The summed E-state index contributed by atoms with van der Waals surface area (Å²) >= 11 is 0. The molecule has 2 aliphatic rings. The predicted octanol–water partition coefficient (Wildman–Crippen LogP) is 2.19. The molecule has 1 N–H and O–H groups in total. The summed E-state index contributed by atoms with van der Waals surface area (Å²) in [6.07, 6.45) is 4.04. The van der Waals surface area contributed by atoms with Crippen molar-refractivity contribution in [1.82, 2.24) is 15.1 Å². The van der Waals surface area contributed by atoms with Gasteiger partial charge in [-0.3, -0.25) is 14.5 Å². The molecule has 2 amide bonds. The summed E-state index contributed by atoms with van der Waals surface area (Å²) in [6.45, 7) is 6.36. The van der Waals surface area contributed by atoms with E-state index in [9.17, 15) is 9.59 Å². The van der Waals surface area contributed by atoms with Gasteiger partial charge in [0, 0.05) is 57.7 Å². The molecule has 0 saturated carbocycles. The molecule has 1 fully saturated rings. The van der Waals surface area contributed by atoms with Crippen LogP contribution in [0.5, 0.6) is 11.5 Å². The summed E-state index contributed by atoms with van der Waals surface area (Å²) in [6, 6.07) is 5.92. The number of methoxy groups -OCH3 is 1. The van der Waals surface area contributed by atoms with E-state index in [0.29, 0.717) is 25.9 Å². The number of likely N-dealkylation sites (tertiary alicyclic amines) is 1. The number of rotatable bonds is 8. The Kier molecular flexibility index (Phi) is 7.75. The molecule has 1 aromatic carbocycles. The molecule has 7 nitrogen and oxygen atoms in total. The van der Waals surface area contributed by atoms with Crippen LogP contribution in [0.3, 0.4) is 0 Å². The molecule has 0 unspecified atom stereocenters. The van der Waals surface area contributed by atoms with Crippen LogP contribution in [0.4, 0.5) is 0 Å². The summed E-state index contributed by atoms with van der Waals surface area (Å²) in [5.74, 6) is 1.91. The van der Waals surface area contributed by atoms with Crippen LogP contribution in [0.15, 0.2) is 18.2 Å². The topological polar surface area (TPSA) is 71.1 Å². The second-order valence-corrected chi connectivity index (χ2v) is 7.79. The number of fused-ring (bicyclic) bond motifs is 1. The van der Waals surface area contributed by atoms with Crippen molar-refractivity contribution in [2.75, 3.05) is 39.8 Å². The quantitative estimate of drug-likeness (QED) is 0.720. The van der Waals surface area contributed by atoms with Gasteiger partial charge in [0.05, 0.1) is 7.11 Å². The molecule has 3 rings (SSSR count). The normalized spacial score (nSPS) is 19.9. The number of piperidine rings is 1. The molecule has 1 atom stereocenters. The number of carbonyl (C=O) groups excluding carboxylic acids is 2. The molecule has 2 aliphatic heterocycles.